The molecule has 0 aliphatic rings. The molecule has 96 valence electrons. The van der Waals surface area contributed by atoms with Gasteiger partial charge in [0.05, 0.1) is 34.6 Å². The van der Waals surface area contributed by atoms with Gasteiger partial charge in [-0.3, -0.25) is 4.98 Å². The van der Waals surface area contributed by atoms with E-state index >= 15 is 0 Å². The monoisotopic (exact) mass is 282 g/mol. The number of halogens is 1. The molecule has 0 fully saturated rings. The van der Waals surface area contributed by atoms with Crippen LogP contribution in [0.25, 0.3) is 0 Å². The summed E-state index contributed by atoms with van der Waals surface area (Å²) < 4.78 is 0.806. The lowest BCUT2D eigenvalue weighted by Gasteiger charge is -2.18. The molecule has 0 spiro atoms. The van der Waals surface area contributed by atoms with Crippen molar-refractivity contribution in [2.45, 2.75) is 19.6 Å². The second kappa shape index (κ2) is 5.69. The molecule has 1 atom stereocenters. The number of pyridine rings is 1. The van der Waals surface area contributed by atoms with E-state index in [0.717, 1.165) is 16.6 Å². The fourth-order valence-electron chi connectivity index (χ4n) is 1.63. The van der Waals surface area contributed by atoms with Gasteiger partial charge in [-0.2, -0.15) is 0 Å². The van der Waals surface area contributed by atoms with Crippen LogP contribution in [0, 0.1) is 0 Å². The van der Waals surface area contributed by atoms with Crippen molar-refractivity contribution >= 4 is 28.6 Å². The normalized spacial score (nSPS) is 12.4. The molecular formula is C13H15ClN2OS. The highest BCUT2D eigenvalue weighted by molar-refractivity contribution is 7.16. The van der Waals surface area contributed by atoms with Gasteiger partial charge in [-0.15, -0.1) is 11.3 Å². The van der Waals surface area contributed by atoms with Crippen LogP contribution in [-0.2, 0) is 6.54 Å². The lowest BCUT2D eigenvalue weighted by Crippen LogP contribution is -2.15. The molecule has 0 aliphatic heterocycles. The van der Waals surface area contributed by atoms with Crippen LogP contribution < -0.4 is 4.90 Å². The molecule has 1 unspecified atom stereocenters. The minimum Gasteiger partial charge on any atom is -0.387 e. The molecule has 2 aromatic rings. The quantitative estimate of drug-likeness (QED) is 0.933. The maximum absolute atomic E-state index is 9.40. The molecule has 2 rings (SSSR count). The molecule has 0 radical (unpaired) electrons. The van der Waals surface area contributed by atoms with Gasteiger partial charge in [0.2, 0.25) is 0 Å². The standard InChI is InChI=1S/C13H15ClN2OS/c1-9(17)12-5-3-10(7-15-12)16(2)8-11-4-6-13(14)18-11/h3-7,9,17H,8H2,1-2H3. The molecule has 0 saturated carbocycles. The van der Waals surface area contributed by atoms with E-state index in [0.29, 0.717) is 5.69 Å². The Morgan fingerprint density at radius 1 is 1.39 bits per heavy atom. The van der Waals surface area contributed by atoms with Gasteiger partial charge in [0, 0.05) is 11.9 Å². The molecule has 18 heavy (non-hydrogen) atoms. The molecule has 0 aromatic carbocycles. The first kappa shape index (κ1) is 13.3. The van der Waals surface area contributed by atoms with Gasteiger partial charge in [-0.25, -0.2) is 0 Å². The van der Waals surface area contributed by atoms with E-state index in [1.54, 1.807) is 24.5 Å². The third-order valence-corrected chi connectivity index (χ3v) is 3.88. The smallest absolute Gasteiger partial charge is 0.0931 e. The fourth-order valence-corrected chi connectivity index (χ4v) is 2.77. The molecule has 2 aromatic heterocycles. The summed E-state index contributed by atoms with van der Waals surface area (Å²) in [5.74, 6) is 0. The van der Waals surface area contributed by atoms with Gasteiger partial charge < -0.3 is 10.0 Å². The number of anilines is 1. The number of aliphatic hydroxyl groups excluding tert-OH is 1. The average Bonchev–Trinajstić information content (AvgIpc) is 2.75. The predicted molar refractivity (Wildman–Crippen MR) is 76.3 cm³/mol. The third kappa shape index (κ3) is 3.22. The third-order valence-electron chi connectivity index (χ3n) is 2.66. The van der Waals surface area contributed by atoms with E-state index in [1.807, 2.05) is 31.3 Å². The summed E-state index contributed by atoms with van der Waals surface area (Å²) in [5, 5.41) is 9.40. The van der Waals surface area contributed by atoms with E-state index in [4.69, 9.17) is 11.6 Å². The van der Waals surface area contributed by atoms with Crippen LogP contribution in [0.3, 0.4) is 0 Å². The molecule has 0 amide bonds. The van der Waals surface area contributed by atoms with Crippen LogP contribution in [0.1, 0.15) is 23.6 Å². The summed E-state index contributed by atoms with van der Waals surface area (Å²) in [6, 6.07) is 7.74. The first-order valence-electron chi connectivity index (χ1n) is 5.65. The second-order valence-corrected chi connectivity index (χ2v) is 5.98. The van der Waals surface area contributed by atoms with Gasteiger partial charge in [-0.1, -0.05) is 11.6 Å². The molecule has 0 saturated heterocycles. The van der Waals surface area contributed by atoms with Crippen LogP contribution in [0.2, 0.25) is 4.34 Å². The molecular weight excluding hydrogens is 268 g/mol. The van der Waals surface area contributed by atoms with E-state index < -0.39 is 6.10 Å². The maximum Gasteiger partial charge on any atom is 0.0931 e. The van der Waals surface area contributed by atoms with E-state index in [2.05, 4.69) is 9.88 Å². The molecule has 3 nitrogen and oxygen atoms in total. The molecule has 1 N–H and O–H groups in total. The lowest BCUT2D eigenvalue weighted by atomic mass is 10.2. The molecule has 0 aliphatic carbocycles. The minimum absolute atomic E-state index is 0.527. The van der Waals surface area contributed by atoms with Crippen molar-refractivity contribution in [1.82, 2.24) is 4.98 Å². The minimum atomic E-state index is -0.527. The van der Waals surface area contributed by atoms with Crippen molar-refractivity contribution in [1.29, 1.82) is 0 Å². The van der Waals surface area contributed by atoms with Crippen molar-refractivity contribution in [2.75, 3.05) is 11.9 Å². The summed E-state index contributed by atoms with van der Waals surface area (Å²) in [7, 11) is 2.01. The number of aromatic nitrogens is 1. The van der Waals surface area contributed by atoms with Crippen molar-refractivity contribution < 1.29 is 5.11 Å². The zero-order valence-corrected chi connectivity index (χ0v) is 11.9. The Bertz CT molecular complexity index is 510. The highest BCUT2D eigenvalue weighted by atomic mass is 35.5. The summed E-state index contributed by atoms with van der Waals surface area (Å²) in [6.45, 7) is 2.51. The summed E-state index contributed by atoms with van der Waals surface area (Å²) in [6.07, 6.45) is 1.25. The zero-order valence-electron chi connectivity index (χ0n) is 10.3. The number of hydrogen-bond donors (Lipinski definition) is 1. The van der Waals surface area contributed by atoms with E-state index in [-0.39, 0.29) is 0 Å². The first-order valence-corrected chi connectivity index (χ1v) is 6.85. The number of thiophene rings is 1. The van der Waals surface area contributed by atoms with Crippen LogP contribution >= 0.6 is 22.9 Å². The Morgan fingerprint density at radius 3 is 2.67 bits per heavy atom. The van der Waals surface area contributed by atoms with E-state index in [9.17, 15) is 5.11 Å². The second-order valence-electron chi connectivity index (χ2n) is 4.18. The van der Waals surface area contributed by atoms with Crippen molar-refractivity contribution in [2.24, 2.45) is 0 Å². The van der Waals surface area contributed by atoms with Gasteiger partial charge in [0.1, 0.15) is 0 Å². The van der Waals surface area contributed by atoms with Crippen LogP contribution in [-0.4, -0.2) is 17.1 Å². The highest BCUT2D eigenvalue weighted by Crippen LogP contribution is 2.24. The highest BCUT2D eigenvalue weighted by Gasteiger charge is 2.07. The topological polar surface area (TPSA) is 36.4 Å². The van der Waals surface area contributed by atoms with E-state index in [1.165, 1.54) is 4.88 Å². The lowest BCUT2D eigenvalue weighted by molar-refractivity contribution is 0.194. The number of rotatable bonds is 4. The summed E-state index contributed by atoms with van der Waals surface area (Å²) in [5.41, 5.74) is 1.70. The van der Waals surface area contributed by atoms with Crippen molar-refractivity contribution in [3.63, 3.8) is 0 Å². The largest absolute Gasteiger partial charge is 0.387 e. The Morgan fingerprint density at radius 2 is 2.17 bits per heavy atom. The Kier molecular flexibility index (Phi) is 4.22. The predicted octanol–water partition coefficient (Wildman–Crippen LogP) is 3.49. The fraction of sp³-hybridized carbons (Fsp3) is 0.308. The zero-order chi connectivity index (χ0) is 13.1. The van der Waals surface area contributed by atoms with Crippen LogP contribution in [0.15, 0.2) is 30.5 Å². The SMILES string of the molecule is CC(O)c1ccc(N(C)Cc2ccc(Cl)s2)cn1. The Hall–Kier alpha value is -1.10. The van der Waals surface area contributed by atoms with Gasteiger partial charge in [-0.05, 0) is 31.2 Å². The van der Waals surface area contributed by atoms with Crippen LogP contribution in [0.4, 0.5) is 5.69 Å². The number of aliphatic hydroxyl groups is 1. The van der Waals surface area contributed by atoms with Gasteiger partial charge in [0.15, 0.2) is 0 Å². The summed E-state index contributed by atoms with van der Waals surface area (Å²) in [4.78, 5) is 7.54. The molecule has 5 heteroatoms. The number of hydrogen-bond acceptors (Lipinski definition) is 4. The Balaban J connectivity index is 2.06. The number of nitrogens with zero attached hydrogens (tertiary/aromatic N) is 2. The summed E-state index contributed by atoms with van der Waals surface area (Å²) >= 11 is 7.49. The van der Waals surface area contributed by atoms with Gasteiger partial charge in [0.25, 0.3) is 0 Å². The Labute approximate surface area is 116 Å². The first-order chi connectivity index (χ1) is 8.56. The maximum atomic E-state index is 9.40. The molecule has 2 heterocycles. The van der Waals surface area contributed by atoms with Crippen molar-refractivity contribution in [3.8, 4) is 0 Å². The van der Waals surface area contributed by atoms with Crippen LogP contribution in [0.5, 0.6) is 0 Å². The molecule has 0 bridgehead atoms. The van der Waals surface area contributed by atoms with Crippen molar-refractivity contribution in [3.05, 3.63) is 45.4 Å². The average molecular weight is 283 g/mol. The van der Waals surface area contributed by atoms with Gasteiger partial charge >= 0.3 is 0 Å².